The minimum atomic E-state index is -0.516. The van der Waals surface area contributed by atoms with Crippen LogP contribution in [0.25, 0.3) is 0 Å². The van der Waals surface area contributed by atoms with Gasteiger partial charge >= 0.3 is 5.97 Å². The van der Waals surface area contributed by atoms with E-state index in [0.717, 1.165) is 0 Å². The van der Waals surface area contributed by atoms with E-state index in [1.807, 2.05) is 0 Å². The van der Waals surface area contributed by atoms with Crippen molar-refractivity contribution in [3.63, 3.8) is 0 Å². The van der Waals surface area contributed by atoms with Gasteiger partial charge < -0.3 is 9.84 Å². The van der Waals surface area contributed by atoms with Crippen molar-refractivity contribution < 1.29 is 14.6 Å². The van der Waals surface area contributed by atoms with Crippen LogP contribution in [0.3, 0.4) is 0 Å². The van der Waals surface area contributed by atoms with Crippen LogP contribution in [0.2, 0.25) is 0 Å². The van der Waals surface area contributed by atoms with Crippen molar-refractivity contribution in [2.75, 3.05) is 0 Å². The molecule has 3 nitrogen and oxygen atoms in total. The van der Waals surface area contributed by atoms with E-state index in [1.165, 1.54) is 6.92 Å². The van der Waals surface area contributed by atoms with E-state index in [1.54, 1.807) is 0 Å². The average Bonchev–Trinajstić information content (AvgIpc) is 1.98. The molecule has 1 N–H and O–H groups in total. The summed E-state index contributed by atoms with van der Waals surface area (Å²) in [7, 11) is 0. The Bertz CT molecular complexity index is 190. The van der Waals surface area contributed by atoms with Crippen molar-refractivity contribution in [2.24, 2.45) is 0 Å². The maximum absolute atomic E-state index is 10.5. The minimum Gasteiger partial charge on any atom is -0.504 e. The number of rotatable bonds is 0. The van der Waals surface area contributed by atoms with Gasteiger partial charge in [-0.25, -0.2) is 4.79 Å². The highest BCUT2D eigenvalue weighted by molar-refractivity contribution is 5.92. The van der Waals surface area contributed by atoms with Crippen LogP contribution >= 0.6 is 0 Å². The maximum Gasteiger partial charge on any atom is 0.343 e. The summed E-state index contributed by atoms with van der Waals surface area (Å²) < 4.78 is 4.43. The highest BCUT2D eigenvalue weighted by Gasteiger charge is 2.23. The van der Waals surface area contributed by atoms with Crippen molar-refractivity contribution in [1.82, 2.24) is 0 Å². The monoisotopic (exact) mass is 126 g/mol. The van der Waals surface area contributed by atoms with Crippen LogP contribution in [0.1, 0.15) is 6.92 Å². The molecule has 3 heteroatoms. The first-order valence-corrected chi connectivity index (χ1v) is 2.44. The Kier molecular flexibility index (Phi) is 1.06. The molecule has 1 rings (SSSR count). The molecular weight excluding hydrogens is 120 g/mol. The Hall–Kier alpha value is -1.25. The number of ether oxygens (including phenoxy) is 1. The van der Waals surface area contributed by atoms with Gasteiger partial charge in [-0.1, -0.05) is 6.58 Å². The number of hydrogen-bond acceptors (Lipinski definition) is 3. The molecule has 0 spiro atoms. The zero-order valence-electron chi connectivity index (χ0n) is 4.97. The number of aliphatic hydroxyl groups excluding tert-OH is 1. The van der Waals surface area contributed by atoms with Gasteiger partial charge in [0.25, 0.3) is 0 Å². The molecule has 1 heterocycles. The molecule has 0 aromatic rings. The molecule has 0 aromatic heterocycles. The lowest BCUT2D eigenvalue weighted by Gasteiger charge is -1.89. The van der Waals surface area contributed by atoms with Gasteiger partial charge in [-0.3, -0.25) is 0 Å². The van der Waals surface area contributed by atoms with Crippen LogP contribution in [-0.4, -0.2) is 11.1 Å². The topological polar surface area (TPSA) is 46.5 Å². The van der Waals surface area contributed by atoms with Crippen molar-refractivity contribution in [3.05, 3.63) is 23.7 Å². The first-order valence-electron chi connectivity index (χ1n) is 2.44. The summed E-state index contributed by atoms with van der Waals surface area (Å²) in [6.07, 6.45) is 0. The molecule has 0 fully saturated rings. The number of carbonyl (C=O) groups excluding carboxylic acids is 1. The van der Waals surface area contributed by atoms with E-state index >= 15 is 0 Å². The molecule has 1 aliphatic heterocycles. The molecule has 1 aliphatic rings. The zero-order valence-corrected chi connectivity index (χ0v) is 4.97. The molecule has 0 unspecified atom stereocenters. The van der Waals surface area contributed by atoms with Crippen molar-refractivity contribution in [2.45, 2.75) is 6.92 Å². The minimum absolute atomic E-state index is 0.0394. The number of cyclic esters (lactones) is 1. The first-order chi connectivity index (χ1) is 4.13. The SMILES string of the molecule is C=C1OC(=O)C(C)=C1O. The molecule has 0 aliphatic carbocycles. The molecule has 0 saturated carbocycles. The van der Waals surface area contributed by atoms with Crippen LogP contribution in [0.4, 0.5) is 0 Å². The quantitative estimate of drug-likeness (QED) is 0.490. The lowest BCUT2D eigenvalue weighted by atomic mass is 10.3. The summed E-state index contributed by atoms with van der Waals surface area (Å²) in [6, 6.07) is 0. The lowest BCUT2D eigenvalue weighted by molar-refractivity contribution is -0.133. The molecule has 0 amide bonds. The Balaban J connectivity index is 3.06. The van der Waals surface area contributed by atoms with Crippen LogP contribution in [-0.2, 0) is 9.53 Å². The fourth-order valence-electron chi connectivity index (χ4n) is 0.543. The predicted molar refractivity (Wildman–Crippen MR) is 30.6 cm³/mol. The van der Waals surface area contributed by atoms with E-state index in [2.05, 4.69) is 11.3 Å². The van der Waals surface area contributed by atoms with Crippen LogP contribution in [0.5, 0.6) is 0 Å². The van der Waals surface area contributed by atoms with Gasteiger partial charge in [0.05, 0.1) is 5.57 Å². The van der Waals surface area contributed by atoms with Gasteiger partial charge in [0.2, 0.25) is 0 Å². The Morgan fingerprint density at radius 1 is 1.67 bits per heavy atom. The number of aliphatic hydroxyl groups is 1. The molecule has 0 saturated heterocycles. The number of hydrogen-bond donors (Lipinski definition) is 1. The van der Waals surface area contributed by atoms with Crippen LogP contribution < -0.4 is 0 Å². The summed E-state index contributed by atoms with van der Waals surface area (Å²) >= 11 is 0. The van der Waals surface area contributed by atoms with E-state index in [4.69, 9.17) is 5.11 Å². The highest BCUT2D eigenvalue weighted by atomic mass is 16.6. The molecular formula is C6H6O3. The van der Waals surface area contributed by atoms with Crippen LogP contribution in [0, 0.1) is 0 Å². The lowest BCUT2D eigenvalue weighted by Crippen LogP contribution is -1.93. The summed E-state index contributed by atoms with van der Waals surface area (Å²) in [6.45, 7) is 4.77. The van der Waals surface area contributed by atoms with Crippen molar-refractivity contribution in [1.29, 1.82) is 0 Å². The number of esters is 1. The average molecular weight is 126 g/mol. The van der Waals surface area contributed by atoms with Gasteiger partial charge in [-0.15, -0.1) is 0 Å². The summed E-state index contributed by atoms with van der Waals surface area (Å²) in [5.41, 5.74) is 0.222. The van der Waals surface area contributed by atoms with E-state index in [9.17, 15) is 4.79 Å². The summed E-state index contributed by atoms with van der Waals surface area (Å²) in [5, 5.41) is 8.87. The fourth-order valence-corrected chi connectivity index (χ4v) is 0.543. The zero-order chi connectivity index (χ0) is 7.02. The van der Waals surface area contributed by atoms with E-state index in [-0.39, 0.29) is 17.1 Å². The Morgan fingerprint density at radius 3 is 2.33 bits per heavy atom. The molecule has 0 radical (unpaired) electrons. The molecule has 0 bridgehead atoms. The smallest absolute Gasteiger partial charge is 0.343 e. The highest BCUT2D eigenvalue weighted by Crippen LogP contribution is 2.20. The van der Waals surface area contributed by atoms with Gasteiger partial charge in [0, 0.05) is 0 Å². The molecule has 0 atom stereocenters. The Labute approximate surface area is 52.2 Å². The van der Waals surface area contributed by atoms with Crippen molar-refractivity contribution >= 4 is 5.97 Å². The van der Waals surface area contributed by atoms with Gasteiger partial charge in [0.1, 0.15) is 0 Å². The van der Waals surface area contributed by atoms with Gasteiger partial charge in [0.15, 0.2) is 11.5 Å². The van der Waals surface area contributed by atoms with Gasteiger partial charge in [-0.05, 0) is 6.92 Å². The second-order valence-corrected chi connectivity index (χ2v) is 1.79. The van der Waals surface area contributed by atoms with Gasteiger partial charge in [-0.2, -0.15) is 0 Å². The third-order valence-corrected chi connectivity index (χ3v) is 1.14. The third kappa shape index (κ3) is 0.700. The summed E-state index contributed by atoms with van der Waals surface area (Å²) in [4.78, 5) is 10.5. The maximum atomic E-state index is 10.5. The second kappa shape index (κ2) is 1.62. The summed E-state index contributed by atoms with van der Waals surface area (Å²) in [5.74, 6) is -0.616. The standard InChI is InChI=1S/C6H6O3/c1-3-5(7)4(2)9-6(3)8/h7H,2H2,1H3. The second-order valence-electron chi connectivity index (χ2n) is 1.79. The van der Waals surface area contributed by atoms with E-state index in [0.29, 0.717) is 0 Å². The van der Waals surface area contributed by atoms with Crippen molar-refractivity contribution in [3.8, 4) is 0 Å². The van der Waals surface area contributed by atoms with E-state index < -0.39 is 5.97 Å². The fraction of sp³-hybridized carbons (Fsp3) is 0.167. The largest absolute Gasteiger partial charge is 0.504 e. The normalized spacial score (nSPS) is 18.8. The third-order valence-electron chi connectivity index (χ3n) is 1.14. The molecule has 9 heavy (non-hydrogen) atoms. The predicted octanol–water partition coefficient (Wildman–Crippen LogP) is 0.889. The number of carbonyl (C=O) groups is 1. The Morgan fingerprint density at radius 2 is 2.22 bits per heavy atom. The first kappa shape index (κ1) is 5.88. The van der Waals surface area contributed by atoms with Crippen LogP contribution in [0.15, 0.2) is 23.7 Å². The molecule has 0 aromatic carbocycles. The molecule has 48 valence electrons.